The van der Waals surface area contributed by atoms with Crippen molar-refractivity contribution in [3.05, 3.63) is 95.1 Å². The minimum atomic E-state index is -3.92. The number of carbonyl (C=O) groups is 1. The summed E-state index contributed by atoms with van der Waals surface area (Å²) >= 11 is 0. The molecule has 0 unspecified atom stereocenters. The number of anilines is 1. The highest BCUT2D eigenvalue weighted by Gasteiger charge is 2.28. The molecule has 0 bridgehead atoms. The Hall–Kier alpha value is -3.12. The zero-order valence-corrected chi connectivity index (χ0v) is 19.8. The van der Waals surface area contributed by atoms with Crippen molar-refractivity contribution >= 4 is 21.6 Å². The monoisotopic (exact) mass is 450 g/mol. The van der Waals surface area contributed by atoms with Crippen molar-refractivity contribution in [1.29, 1.82) is 0 Å². The van der Waals surface area contributed by atoms with Crippen LogP contribution in [0.3, 0.4) is 0 Å². The van der Waals surface area contributed by atoms with Crippen LogP contribution in [-0.4, -0.2) is 20.9 Å². The Kier molecular flexibility index (Phi) is 7.36. The van der Waals surface area contributed by atoms with E-state index in [1.807, 2.05) is 58.0 Å². The van der Waals surface area contributed by atoms with Crippen molar-refractivity contribution in [2.24, 2.45) is 0 Å². The largest absolute Gasteiger partial charge is 0.348 e. The van der Waals surface area contributed by atoms with Gasteiger partial charge in [-0.3, -0.25) is 9.10 Å². The Morgan fingerprint density at radius 3 is 2.16 bits per heavy atom. The number of aryl methyl sites for hydroxylation is 3. The molecule has 0 saturated heterocycles. The maximum absolute atomic E-state index is 13.5. The fourth-order valence-electron chi connectivity index (χ4n) is 3.51. The Labute approximate surface area is 191 Å². The minimum Gasteiger partial charge on any atom is -0.348 e. The minimum absolute atomic E-state index is 0.150. The van der Waals surface area contributed by atoms with Crippen LogP contribution < -0.4 is 9.62 Å². The third-order valence-corrected chi connectivity index (χ3v) is 7.41. The van der Waals surface area contributed by atoms with Gasteiger partial charge in [0.15, 0.2) is 0 Å². The summed E-state index contributed by atoms with van der Waals surface area (Å²) in [6.07, 6.45) is 0.698. The Balaban J connectivity index is 1.92. The highest BCUT2D eigenvalue weighted by Crippen LogP contribution is 2.26. The van der Waals surface area contributed by atoms with Crippen LogP contribution in [0.25, 0.3) is 0 Å². The molecule has 0 heterocycles. The Morgan fingerprint density at radius 2 is 1.56 bits per heavy atom. The van der Waals surface area contributed by atoms with Gasteiger partial charge >= 0.3 is 0 Å². The summed E-state index contributed by atoms with van der Waals surface area (Å²) in [6, 6.07) is 21.4. The van der Waals surface area contributed by atoms with Crippen LogP contribution in [-0.2, 0) is 14.8 Å². The van der Waals surface area contributed by atoms with Gasteiger partial charge in [0.1, 0.15) is 6.54 Å². The van der Waals surface area contributed by atoms with E-state index in [9.17, 15) is 13.2 Å². The molecule has 0 aliphatic rings. The number of sulfonamides is 1. The van der Waals surface area contributed by atoms with E-state index in [2.05, 4.69) is 5.32 Å². The molecule has 1 atom stereocenters. The smallest absolute Gasteiger partial charge is 0.264 e. The van der Waals surface area contributed by atoms with Crippen molar-refractivity contribution in [2.75, 3.05) is 10.8 Å². The van der Waals surface area contributed by atoms with E-state index < -0.39 is 10.0 Å². The normalized spacial score (nSPS) is 12.2. The fraction of sp³-hybridized carbons (Fsp3) is 0.269. The van der Waals surface area contributed by atoms with Crippen LogP contribution in [0.15, 0.2) is 77.7 Å². The second-order valence-corrected chi connectivity index (χ2v) is 9.89. The molecule has 3 aromatic carbocycles. The molecular formula is C26H30N2O3S. The molecule has 168 valence electrons. The van der Waals surface area contributed by atoms with Crippen molar-refractivity contribution in [3.8, 4) is 0 Å². The number of hydrogen-bond acceptors (Lipinski definition) is 3. The average Bonchev–Trinajstić information content (AvgIpc) is 2.79. The number of carbonyl (C=O) groups excluding carboxylic acids is 1. The summed E-state index contributed by atoms with van der Waals surface area (Å²) < 4.78 is 28.1. The topological polar surface area (TPSA) is 66.5 Å². The van der Waals surface area contributed by atoms with Gasteiger partial charge in [-0.15, -0.1) is 0 Å². The molecule has 6 heteroatoms. The number of nitrogens with one attached hydrogen (secondary N) is 1. The summed E-state index contributed by atoms with van der Waals surface area (Å²) in [6.45, 7) is 7.60. The van der Waals surface area contributed by atoms with Crippen molar-refractivity contribution in [3.63, 3.8) is 0 Å². The number of hydrogen-bond donors (Lipinski definition) is 1. The molecule has 0 fully saturated rings. The van der Waals surface area contributed by atoms with Crippen LogP contribution in [0.5, 0.6) is 0 Å². The Bertz CT molecular complexity index is 1170. The average molecular weight is 451 g/mol. The summed E-state index contributed by atoms with van der Waals surface area (Å²) in [4.78, 5) is 13.2. The third-order valence-electron chi connectivity index (χ3n) is 5.62. The quantitative estimate of drug-likeness (QED) is 0.521. The second-order valence-electron chi connectivity index (χ2n) is 8.03. The zero-order valence-electron chi connectivity index (χ0n) is 19.0. The lowest BCUT2D eigenvalue weighted by atomic mass is 10.0. The van der Waals surface area contributed by atoms with E-state index in [0.717, 1.165) is 22.3 Å². The van der Waals surface area contributed by atoms with E-state index in [1.54, 1.807) is 42.5 Å². The number of nitrogens with zero attached hydrogens (tertiary/aromatic N) is 1. The Morgan fingerprint density at radius 1 is 0.906 bits per heavy atom. The zero-order chi connectivity index (χ0) is 23.3. The molecule has 1 amide bonds. The number of amides is 1. The van der Waals surface area contributed by atoms with Gasteiger partial charge < -0.3 is 5.32 Å². The lowest BCUT2D eigenvalue weighted by Gasteiger charge is -2.26. The summed E-state index contributed by atoms with van der Waals surface area (Å²) in [5, 5.41) is 3.01. The van der Waals surface area contributed by atoms with Crippen molar-refractivity contribution in [1.82, 2.24) is 5.32 Å². The molecule has 0 aromatic heterocycles. The lowest BCUT2D eigenvalue weighted by molar-refractivity contribution is -0.120. The van der Waals surface area contributed by atoms with E-state index in [1.165, 1.54) is 4.31 Å². The first-order valence-corrected chi connectivity index (χ1v) is 12.2. The van der Waals surface area contributed by atoms with Crippen LogP contribution >= 0.6 is 0 Å². The van der Waals surface area contributed by atoms with Gasteiger partial charge in [-0.05, 0) is 68.1 Å². The van der Waals surface area contributed by atoms with Gasteiger partial charge in [0.05, 0.1) is 16.6 Å². The molecule has 5 nitrogen and oxygen atoms in total. The maximum Gasteiger partial charge on any atom is 0.264 e. The highest BCUT2D eigenvalue weighted by atomic mass is 32.2. The van der Waals surface area contributed by atoms with Crippen LogP contribution in [0, 0.1) is 20.8 Å². The molecule has 3 aromatic rings. The number of rotatable bonds is 8. The second kappa shape index (κ2) is 10.0. The predicted molar refractivity (Wildman–Crippen MR) is 129 cm³/mol. The molecule has 0 spiro atoms. The SMILES string of the molecule is CC[C@@H](NC(=O)CN(c1ccc(C)c(C)c1)S(=O)(=O)c1ccccc1)c1ccc(C)cc1. The van der Waals surface area contributed by atoms with E-state index >= 15 is 0 Å². The van der Waals surface area contributed by atoms with Crippen LogP contribution in [0.1, 0.15) is 41.6 Å². The van der Waals surface area contributed by atoms with E-state index in [0.29, 0.717) is 12.1 Å². The molecular weight excluding hydrogens is 420 g/mol. The molecule has 0 aliphatic heterocycles. The standard InChI is InChI=1S/C26H30N2O3S/c1-5-25(22-14-11-19(2)12-15-22)27-26(29)18-28(23-16-13-20(3)21(4)17-23)32(30,31)24-9-7-6-8-10-24/h6-17,25H,5,18H2,1-4H3,(H,27,29)/t25-/m1/s1. The fourth-order valence-corrected chi connectivity index (χ4v) is 4.94. The summed E-state index contributed by atoms with van der Waals surface area (Å²) in [5.74, 6) is -0.352. The molecule has 1 N–H and O–H groups in total. The van der Waals surface area contributed by atoms with E-state index in [4.69, 9.17) is 0 Å². The lowest BCUT2D eigenvalue weighted by Crippen LogP contribution is -2.42. The summed E-state index contributed by atoms with van der Waals surface area (Å²) in [7, 11) is -3.92. The molecule has 32 heavy (non-hydrogen) atoms. The van der Waals surface area contributed by atoms with Crippen LogP contribution in [0.2, 0.25) is 0 Å². The van der Waals surface area contributed by atoms with Crippen molar-refractivity contribution in [2.45, 2.75) is 45.1 Å². The highest BCUT2D eigenvalue weighted by molar-refractivity contribution is 7.92. The van der Waals surface area contributed by atoms with Gasteiger partial charge in [0.25, 0.3) is 10.0 Å². The van der Waals surface area contributed by atoms with Gasteiger partial charge in [0.2, 0.25) is 5.91 Å². The summed E-state index contributed by atoms with van der Waals surface area (Å²) in [5.41, 5.74) is 4.62. The van der Waals surface area contributed by atoms with Crippen molar-refractivity contribution < 1.29 is 13.2 Å². The van der Waals surface area contributed by atoms with Gasteiger partial charge in [-0.25, -0.2) is 8.42 Å². The first-order valence-electron chi connectivity index (χ1n) is 10.7. The molecule has 0 radical (unpaired) electrons. The third kappa shape index (κ3) is 5.37. The maximum atomic E-state index is 13.5. The predicted octanol–water partition coefficient (Wildman–Crippen LogP) is 5.07. The first-order chi connectivity index (χ1) is 15.2. The van der Waals surface area contributed by atoms with Gasteiger partial charge in [-0.1, -0.05) is 61.0 Å². The molecule has 3 rings (SSSR count). The van der Waals surface area contributed by atoms with Gasteiger partial charge in [0, 0.05) is 0 Å². The molecule has 0 aliphatic carbocycles. The van der Waals surface area contributed by atoms with Gasteiger partial charge in [-0.2, -0.15) is 0 Å². The van der Waals surface area contributed by atoms with E-state index in [-0.39, 0.29) is 23.4 Å². The van der Waals surface area contributed by atoms with Crippen LogP contribution in [0.4, 0.5) is 5.69 Å². The molecule has 0 saturated carbocycles. The first kappa shape index (κ1) is 23.5. The number of benzene rings is 3.